The van der Waals surface area contributed by atoms with E-state index in [4.69, 9.17) is 15.3 Å². The SMILES string of the molecule is C=C.CCCCCCCC/C=C\CCCCCCCC(=O)O.CCCCCCCC/C=C\CCCCCCCC(=O)O.CCCCCCCC/C=C\CCCCCCCC(=O)O. The molecule has 0 aliphatic heterocycles. The highest BCUT2D eigenvalue weighted by Gasteiger charge is 1.98. The molecule has 366 valence electrons. The maximum atomic E-state index is 10.3. The highest BCUT2D eigenvalue weighted by Crippen LogP contribution is 2.13. The van der Waals surface area contributed by atoms with Crippen LogP contribution in [0.3, 0.4) is 0 Å². The lowest BCUT2D eigenvalue weighted by Crippen LogP contribution is -1.93. The van der Waals surface area contributed by atoms with E-state index in [0.717, 1.165) is 38.5 Å². The molecule has 0 fully saturated rings. The van der Waals surface area contributed by atoms with Crippen LogP contribution < -0.4 is 0 Å². The van der Waals surface area contributed by atoms with Crippen LogP contribution in [0.25, 0.3) is 0 Å². The van der Waals surface area contributed by atoms with E-state index in [1.807, 2.05) is 0 Å². The van der Waals surface area contributed by atoms with Crippen molar-refractivity contribution in [3.63, 3.8) is 0 Å². The summed E-state index contributed by atoms with van der Waals surface area (Å²) >= 11 is 0. The monoisotopic (exact) mass is 875 g/mol. The molecule has 0 radical (unpaired) electrons. The lowest BCUT2D eigenvalue weighted by Gasteiger charge is -1.99. The fourth-order valence-corrected chi connectivity index (χ4v) is 7.04. The van der Waals surface area contributed by atoms with Gasteiger partial charge in [-0.15, -0.1) is 13.2 Å². The number of aliphatic carboxylic acids is 3. The van der Waals surface area contributed by atoms with Gasteiger partial charge in [-0.25, -0.2) is 0 Å². The van der Waals surface area contributed by atoms with E-state index < -0.39 is 17.9 Å². The smallest absolute Gasteiger partial charge is 0.303 e. The minimum Gasteiger partial charge on any atom is -0.481 e. The van der Waals surface area contributed by atoms with E-state index in [2.05, 4.69) is 70.4 Å². The molecule has 0 aromatic rings. The molecule has 0 aromatic heterocycles. The van der Waals surface area contributed by atoms with Crippen LogP contribution in [0.2, 0.25) is 0 Å². The molecule has 0 rings (SSSR count). The summed E-state index contributed by atoms with van der Waals surface area (Å²) in [6.45, 7) is 12.8. The molecule has 0 saturated heterocycles. The van der Waals surface area contributed by atoms with Crippen molar-refractivity contribution in [3.8, 4) is 0 Å². The summed E-state index contributed by atoms with van der Waals surface area (Å²) in [6, 6.07) is 0. The Morgan fingerprint density at radius 3 is 0.581 bits per heavy atom. The molecule has 0 amide bonds. The molecule has 6 heteroatoms. The molecule has 0 bridgehead atoms. The van der Waals surface area contributed by atoms with Gasteiger partial charge in [0.15, 0.2) is 0 Å². The van der Waals surface area contributed by atoms with Crippen molar-refractivity contribution >= 4 is 17.9 Å². The molecule has 0 saturated carbocycles. The predicted octanol–water partition coefficient (Wildman–Crippen LogP) is 19.1. The largest absolute Gasteiger partial charge is 0.481 e. The molecule has 0 atom stereocenters. The van der Waals surface area contributed by atoms with E-state index >= 15 is 0 Å². The molecule has 0 aliphatic rings. The van der Waals surface area contributed by atoms with Crippen molar-refractivity contribution in [1.29, 1.82) is 0 Å². The standard InChI is InChI=1S/3C18H34O2.C2H4/c3*1-2-3-4-5-6-7-8-9-10-11-12-13-14-15-16-17-18(19)20;1-2/h3*9-10H,2-8,11-17H2,1H3,(H,19,20);1-2H2/b3*10-9-;. The van der Waals surface area contributed by atoms with Crippen molar-refractivity contribution in [2.45, 2.75) is 290 Å². The highest BCUT2D eigenvalue weighted by molar-refractivity contribution is 5.67. The lowest BCUT2D eigenvalue weighted by molar-refractivity contribution is -0.138. The van der Waals surface area contributed by atoms with Gasteiger partial charge >= 0.3 is 17.9 Å². The van der Waals surface area contributed by atoms with Crippen molar-refractivity contribution in [2.24, 2.45) is 0 Å². The summed E-state index contributed by atoms with van der Waals surface area (Å²) in [6.07, 6.45) is 63.7. The maximum Gasteiger partial charge on any atom is 0.303 e. The zero-order valence-corrected chi connectivity index (χ0v) is 41.6. The number of carboxylic acids is 3. The van der Waals surface area contributed by atoms with Gasteiger partial charge in [-0.05, 0) is 96.3 Å². The van der Waals surface area contributed by atoms with Crippen LogP contribution in [0.5, 0.6) is 0 Å². The predicted molar refractivity (Wildman–Crippen MR) is 273 cm³/mol. The Hall–Kier alpha value is -2.63. The van der Waals surface area contributed by atoms with Crippen LogP contribution in [0.1, 0.15) is 290 Å². The molecule has 0 aliphatic carbocycles. The second-order valence-electron chi connectivity index (χ2n) is 17.2. The Kier molecular flexibility index (Phi) is 69.2. The van der Waals surface area contributed by atoms with Crippen LogP contribution in [0.15, 0.2) is 49.6 Å². The van der Waals surface area contributed by atoms with Gasteiger partial charge < -0.3 is 15.3 Å². The van der Waals surface area contributed by atoms with Gasteiger partial charge in [0.2, 0.25) is 0 Å². The Balaban J connectivity index is -0.000000398. The first-order valence-electron chi connectivity index (χ1n) is 26.4. The maximum absolute atomic E-state index is 10.3. The Bertz CT molecular complexity index is 835. The number of rotatable bonds is 45. The van der Waals surface area contributed by atoms with Crippen molar-refractivity contribution < 1.29 is 29.7 Å². The number of unbranched alkanes of at least 4 members (excludes halogenated alkanes) is 33. The molecule has 0 unspecified atom stereocenters. The average molecular weight is 875 g/mol. The van der Waals surface area contributed by atoms with E-state index in [0.29, 0.717) is 19.3 Å². The summed E-state index contributed by atoms with van der Waals surface area (Å²) in [5, 5.41) is 25.5. The minimum atomic E-state index is -0.664. The van der Waals surface area contributed by atoms with Crippen molar-refractivity contribution in [3.05, 3.63) is 49.6 Å². The van der Waals surface area contributed by atoms with Crippen LogP contribution in [-0.2, 0) is 14.4 Å². The minimum absolute atomic E-state index is 0.332. The van der Waals surface area contributed by atoms with E-state index in [9.17, 15) is 14.4 Å². The molecular weight excluding hydrogens is 769 g/mol. The van der Waals surface area contributed by atoms with E-state index in [-0.39, 0.29) is 0 Å². The number of hydrogen-bond donors (Lipinski definition) is 3. The van der Waals surface area contributed by atoms with E-state index in [1.165, 1.54) is 212 Å². The lowest BCUT2D eigenvalue weighted by atomic mass is 10.1. The van der Waals surface area contributed by atoms with Gasteiger partial charge in [-0.2, -0.15) is 0 Å². The molecule has 62 heavy (non-hydrogen) atoms. The van der Waals surface area contributed by atoms with Gasteiger partial charge in [0.05, 0.1) is 0 Å². The molecular formula is C56H106O6. The summed E-state index contributed by atoms with van der Waals surface area (Å²) in [5.74, 6) is -1.99. The first-order valence-corrected chi connectivity index (χ1v) is 26.4. The highest BCUT2D eigenvalue weighted by atomic mass is 16.4. The van der Waals surface area contributed by atoms with Gasteiger partial charge in [0.1, 0.15) is 0 Å². The first-order chi connectivity index (χ1) is 30.3. The number of carbonyl (C=O) groups is 3. The molecule has 3 N–H and O–H groups in total. The van der Waals surface area contributed by atoms with Gasteiger partial charge in [-0.1, -0.05) is 211 Å². The Morgan fingerprint density at radius 2 is 0.419 bits per heavy atom. The zero-order valence-electron chi connectivity index (χ0n) is 41.6. The van der Waals surface area contributed by atoms with Gasteiger partial charge in [0, 0.05) is 19.3 Å². The number of carboxylic acid groups (broad SMARTS) is 3. The molecule has 0 spiro atoms. The normalized spacial score (nSPS) is 11.0. The fourth-order valence-electron chi connectivity index (χ4n) is 7.04. The number of hydrogen-bond acceptors (Lipinski definition) is 3. The van der Waals surface area contributed by atoms with Crippen LogP contribution in [0.4, 0.5) is 0 Å². The summed E-state index contributed by atoms with van der Waals surface area (Å²) in [4.78, 5) is 31.0. The first kappa shape index (κ1) is 66.0. The van der Waals surface area contributed by atoms with Crippen LogP contribution in [-0.4, -0.2) is 33.2 Å². The zero-order chi connectivity index (χ0) is 46.7. The average Bonchev–Trinajstić information content (AvgIpc) is 3.26. The van der Waals surface area contributed by atoms with Crippen molar-refractivity contribution in [1.82, 2.24) is 0 Å². The van der Waals surface area contributed by atoms with Gasteiger partial charge in [-0.3, -0.25) is 14.4 Å². The molecule has 0 heterocycles. The van der Waals surface area contributed by atoms with Crippen LogP contribution >= 0.6 is 0 Å². The Morgan fingerprint density at radius 1 is 0.274 bits per heavy atom. The topological polar surface area (TPSA) is 112 Å². The quantitative estimate of drug-likeness (QED) is 0.0415. The number of allylic oxidation sites excluding steroid dienone is 6. The van der Waals surface area contributed by atoms with Crippen molar-refractivity contribution in [2.75, 3.05) is 0 Å². The summed E-state index contributed by atoms with van der Waals surface area (Å²) < 4.78 is 0. The van der Waals surface area contributed by atoms with Gasteiger partial charge in [0.25, 0.3) is 0 Å². The second-order valence-corrected chi connectivity index (χ2v) is 17.2. The Labute approximate surface area is 386 Å². The third-order valence-electron chi connectivity index (χ3n) is 11.0. The third-order valence-corrected chi connectivity index (χ3v) is 11.0. The fraction of sp³-hybridized carbons (Fsp3) is 0.804. The third kappa shape index (κ3) is 77.9. The second kappa shape index (κ2) is 65.0. The molecule has 0 aromatic carbocycles. The molecule has 6 nitrogen and oxygen atoms in total. The summed E-state index contributed by atoms with van der Waals surface area (Å²) in [5.41, 5.74) is 0. The summed E-state index contributed by atoms with van der Waals surface area (Å²) in [7, 11) is 0. The van der Waals surface area contributed by atoms with Crippen LogP contribution in [0, 0.1) is 0 Å². The van der Waals surface area contributed by atoms with E-state index in [1.54, 1.807) is 0 Å².